The number of fused-ring (bicyclic) bond motifs is 9. The van der Waals surface area contributed by atoms with E-state index in [9.17, 15) is 20.0 Å². The molecule has 0 spiro atoms. The third kappa shape index (κ3) is 5.53. The Morgan fingerprint density at radius 3 is 2.60 bits per heavy atom. The maximum absolute atomic E-state index is 13.4. The topological polar surface area (TPSA) is 134 Å². The van der Waals surface area contributed by atoms with Crippen LogP contribution in [-0.4, -0.2) is 72.1 Å². The van der Waals surface area contributed by atoms with Gasteiger partial charge in [0.2, 0.25) is 12.7 Å². The van der Waals surface area contributed by atoms with Gasteiger partial charge in [0, 0.05) is 47.3 Å². The quantitative estimate of drug-likeness (QED) is 0.185. The van der Waals surface area contributed by atoms with Gasteiger partial charge in [-0.15, -0.1) is 0 Å². The van der Waals surface area contributed by atoms with E-state index in [4.69, 9.17) is 18.9 Å². The lowest BCUT2D eigenvalue weighted by Crippen LogP contribution is -2.68. The first kappa shape index (κ1) is 33.4. The fourth-order valence-electron chi connectivity index (χ4n) is 8.47. The van der Waals surface area contributed by atoms with Gasteiger partial charge >= 0.3 is 6.16 Å². The Morgan fingerprint density at radius 2 is 1.86 bits per heavy atom. The second kappa shape index (κ2) is 13.3. The average Bonchev–Trinajstić information content (AvgIpc) is 3.61. The second-order valence-electron chi connectivity index (χ2n) is 13.6. The van der Waals surface area contributed by atoms with E-state index < -0.39 is 18.2 Å². The minimum Gasteiger partial charge on any atom is -0.507 e. The summed E-state index contributed by atoms with van der Waals surface area (Å²) in [5.74, 6) is 1.40. The van der Waals surface area contributed by atoms with Crippen molar-refractivity contribution in [1.82, 2.24) is 15.1 Å². The Bertz CT molecular complexity index is 1900. The molecule has 4 aliphatic rings. The standard InChI is InChI=1S/C39H42N4O7/c1-6-14-47-39(46)50-36-23(4)37-38(49-20-48-37)33-26(36)17-28-34-32-25(15-21(2)22(3)35(32)45)16-27(42(34)5)29(18-40)43(28)30(33)19-41-31(44)13-12-24-10-8-7-9-11-24/h6-11,15,27-30,34,45H,1,12-14,16-17,19-20H2,2-5H3,(H,41,44)/t27-,28?,29+,30+,34+/m1/s1. The molecule has 1 unspecified atom stereocenters. The molecule has 0 radical (unpaired) electrons. The number of phenols is 1. The number of aryl methyl sites for hydroxylation is 2. The van der Waals surface area contributed by atoms with Gasteiger partial charge in [-0.05, 0) is 69.3 Å². The molecule has 0 aliphatic carbocycles. The van der Waals surface area contributed by atoms with Crippen LogP contribution in [0.25, 0.3) is 0 Å². The fourth-order valence-corrected chi connectivity index (χ4v) is 8.47. The number of carbonyl (C=O) groups is 2. The van der Waals surface area contributed by atoms with Crippen LogP contribution in [0.3, 0.4) is 0 Å². The molecule has 3 aromatic rings. The van der Waals surface area contributed by atoms with Gasteiger partial charge in [-0.3, -0.25) is 14.6 Å². The Hall–Kier alpha value is -5.05. The first-order chi connectivity index (χ1) is 24.1. The van der Waals surface area contributed by atoms with E-state index in [2.05, 4.69) is 33.8 Å². The SMILES string of the molecule is C=CCOC(=O)Oc1c(C)c2c(c3c1CC1[C@H]4c5c(cc(C)c(C)c5O)C[C@H]([C@H](C#N)N1[C@H]3CNC(=O)CCc1ccccc1)N4C)OCO2. The van der Waals surface area contributed by atoms with Gasteiger partial charge < -0.3 is 29.4 Å². The third-order valence-corrected chi connectivity index (χ3v) is 10.9. The largest absolute Gasteiger partial charge is 0.514 e. The van der Waals surface area contributed by atoms with Crippen LogP contribution in [0.4, 0.5) is 4.79 Å². The molecule has 0 aromatic heterocycles. The van der Waals surface area contributed by atoms with E-state index in [0.29, 0.717) is 53.2 Å². The zero-order valence-corrected chi connectivity index (χ0v) is 28.8. The molecule has 7 rings (SSSR count). The Labute approximate surface area is 292 Å². The molecule has 11 heteroatoms. The average molecular weight is 679 g/mol. The van der Waals surface area contributed by atoms with Gasteiger partial charge in [-0.1, -0.05) is 49.1 Å². The van der Waals surface area contributed by atoms with Crippen LogP contribution >= 0.6 is 0 Å². The Balaban J connectivity index is 1.36. The number of likely N-dealkylation sites (N-methyl/N-ethyl adjacent to an activating group) is 1. The number of piperazine rings is 1. The molecule has 1 amide bonds. The maximum atomic E-state index is 13.4. The van der Waals surface area contributed by atoms with Crippen molar-refractivity contribution in [2.24, 2.45) is 0 Å². The molecule has 50 heavy (non-hydrogen) atoms. The predicted molar refractivity (Wildman–Crippen MR) is 184 cm³/mol. The summed E-state index contributed by atoms with van der Waals surface area (Å²) < 4.78 is 23.3. The van der Waals surface area contributed by atoms with Crippen molar-refractivity contribution >= 4 is 12.1 Å². The van der Waals surface area contributed by atoms with Crippen molar-refractivity contribution < 1.29 is 33.6 Å². The summed E-state index contributed by atoms with van der Waals surface area (Å²) in [5.41, 5.74) is 6.76. The van der Waals surface area contributed by atoms with E-state index in [1.165, 1.54) is 6.08 Å². The van der Waals surface area contributed by atoms with E-state index >= 15 is 0 Å². The summed E-state index contributed by atoms with van der Waals surface area (Å²) in [4.78, 5) is 30.8. The number of aromatic hydroxyl groups is 1. The molecule has 2 bridgehead atoms. The van der Waals surface area contributed by atoms with E-state index in [1.807, 2.05) is 58.2 Å². The maximum Gasteiger partial charge on any atom is 0.514 e. The first-order valence-corrected chi connectivity index (χ1v) is 17.1. The molecule has 2 N–H and O–H groups in total. The molecular formula is C39H42N4O7. The number of hydrogen-bond acceptors (Lipinski definition) is 10. The second-order valence-corrected chi connectivity index (χ2v) is 13.6. The highest BCUT2D eigenvalue weighted by Crippen LogP contribution is 2.57. The van der Waals surface area contributed by atoms with E-state index in [-0.39, 0.29) is 56.1 Å². The van der Waals surface area contributed by atoms with Gasteiger partial charge in [0.15, 0.2) is 11.5 Å². The highest BCUT2D eigenvalue weighted by atomic mass is 16.7. The summed E-state index contributed by atoms with van der Waals surface area (Å²) in [6, 6.07) is 12.6. The summed E-state index contributed by atoms with van der Waals surface area (Å²) >= 11 is 0. The Morgan fingerprint density at radius 1 is 1.10 bits per heavy atom. The van der Waals surface area contributed by atoms with Crippen LogP contribution in [-0.2, 0) is 28.8 Å². The lowest BCUT2D eigenvalue weighted by Gasteiger charge is -2.60. The van der Waals surface area contributed by atoms with Crippen LogP contribution in [0.1, 0.15) is 63.0 Å². The van der Waals surface area contributed by atoms with Crippen molar-refractivity contribution in [2.45, 2.75) is 76.7 Å². The normalized spacial score (nSPS) is 23.1. The van der Waals surface area contributed by atoms with Gasteiger partial charge in [-0.25, -0.2) is 4.79 Å². The Kier molecular flexibility index (Phi) is 8.93. The number of phenolic OH excluding ortho intramolecular Hbond substituents is 1. The van der Waals surface area contributed by atoms with Crippen molar-refractivity contribution in [3.05, 3.63) is 93.6 Å². The molecule has 1 fully saturated rings. The summed E-state index contributed by atoms with van der Waals surface area (Å²) in [6.45, 7) is 9.47. The molecule has 1 saturated heterocycles. The minimum absolute atomic E-state index is 0.0222. The third-order valence-electron chi connectivity index (χ3n) is 10.9. The number of nitriles is 1. The number of nitrogens with zero attached hydrogens (tertiary/aromatic N) is 3. The van der Waals surface area contributed by atoms with Crippen molar-refractivity contribution in [3.63, 3.8) is 0 Å². The van der Waals surface area contributed by atoms with Crippen LogP contribution in [0, 0.1) is 32.1 Å². The van der Waals surface area contributed by atoms with Gasteiger partial charge in [-0.2, -0.15) is 5.26 Å². The number of ether oxygens (including phenoxy) is 4. The number of hydrogen-bond donors (Lipinski definition) is 2. The monoisotopic (exact) mass is 678 g/mol. The lowest BCUT2D eigenvalue weighted by molar-refractivity contribution is -0.122. The van der Waals surface area contributed by atoms with Crippen LogP contribution in [0.15, 0.2) is 49.1 Å². The van der Waals surface area contributed by atoms with Gasteiger partial charge in [0.1, 0.15) is 24.1 Å². The number of carbonyl (C=O) groups excluding carboxylic acids is 2. The number of nitrogens with one attached hydrogen (secondary N) is 1. The number of amides is 1. The molecule has 5 atom stereocenters. The lowest BCUT2D eigenvalue weighted by atomic mass is 9.71. The van der Waals surface area contributed by atoms with Crippen molar-refractivity contribution in [3.8, 4) is 29.1 Å². The first-order valence-electron chi connectivity index (χ1n) is 17.1. The van der Waals surface area contributed by atoms with E-state index in [0.717, 1.165) is 27.8 Å². The molecular weight excluding hydrogens is 636 g/mol. The summed E-state index contributed by atoms with van der Waals surface area (Å²) in [6.07, 6.45) is 2.39. The molecule has 260 valence electrons. The highest BCUT2D eigenvalue weighted by molar-refractivity contribution is 5.76. The number of rotatable bonds is 8. The molecule has 4 heterocycles. The van der Waals surface area contributed by atoms with Crippen LogP contribution in [0.5, 0.6) is 23.0 Å². The van der Waals surface area contributed by atoms with Crippen LogP contribution < -0.4 is 19.5 Å². The summed E-state index contributed by atoms with van der Waals surface area (Å²) in [5, 5.41) is 25.8. The highest BCUT2D eigenvalue weighted by Gasteiger charge is 2.56. The molecule has 4 aliphatic heterocycles. The fraction of sp³-hybridized carbons (Fsp3) is 0.410. The van der Waals surface area contributed by atoms with Crippen molar-refractivity contribution in [2.75, 3.05) is 27.0 Å². The molecule has 0 saturated carbocycles. The van der Waals surface area contributed by atoms with Gasteiger partial charge in [0.05, 0.1) is 18.2 Å². The molecule has 11 nitrogen and oxygen atoms in total. The van der Waals surface area contributed by atoms with Gasteiger partial charge in [0.25, 0.3) is 0 Å². The zero-order chi connectivity index (χ0) is 35.3. The summed E-state index contributed by atoms with van der Waals surface area (Å²) in [7, 11) is 2.01. The smallest absolute Gasteiger partial charge is 0.507 e. The van der Waals surface area contributed by atoms with E-state index in [1.54, 1.807) is 0 Å². The minimum atomic E-state index is -0.884. The number of benzene rings is 3. The van der Waals surface area contributed by atoms with Crippen molar-refractivity contribution in [1.29, 1.82) is 5.26 Å². The zero-order valence-electron chi connectivity index (χ0n) is 28.8. The predicted octanol–water partition coefficient (Wildman–Crippen LogP) is 5.27. The molecule has 3 aromatic carbocycles. The van der Waals surface area contributed by atoms with Crippen LogP contribution in [0.2, 0.25) is 0 Å².